The van der Waals surface area contributed by atoms with E-state index < -0.39 is 11.7 Å². The van der Waals surface area contributed by atoms with E-state index >= 15 is 0 Å². The lowest BCUT2D eigenvalue weighted by molar-refractivity contribution is 0.0997. The van der Waals surface area contributed by atoms with Crippen LogP contribution in [0.25, 0.3) is 0 Å². The van der Waals surface area contributed by atoms with E-state index in [0.29, 0.717) is 0 Å². The van der Waals surface area contributed by atoms with Crippen LogP contribution in [0, 0.1) is 5.82 Å². The molecular formula is C7H6FNO2S. The third-order valence-electron chi connectivity index (χ3n) is 1.26. The highest BCUT2D eigenvalue weighted by Crippen LogP contribution is 2.20. The predicted octanol–water partition coefficient (Wildman–Crippen LogP) is 1.19. The van der Waals surface area contributed by atoms with Crippen molar-refractivity contribution in [3.63, 3.8) is 0 Å². The van der Waals surface area contributed by atoms with E-state index in [1.807, 2.05) is 0 Å². The maximum atomic E-state index is 12.8. The second kappa shape index (κ2) is 3.02. The van der Waals surface area contributed by atoms with Crippen LogP contribution in [0.4, 0.5) is 4.39 Å². The Balaban J connectivity index is 3.17. The summed E-state index contributed by atoms with van der Waals surface area (Å²) < 4.78 is 12.8. The van der Waals surface area contributed by atoms with Crippen LogP contribution in [-0.2, 0) is 0 Å². The first kappa shape index (κ1) is 8.86. The number of thiophene rings is 1. The van der Waals surface area contributed by atoms with Gasteiger partial charge >= 0.3 is 0 Å². The summed E-state index contributed by atoms with van der Waals surface area (Å²) in [5.41, 5.74) is 4.85. The largest absolute Gasteiger partial charge is 0.365 e. The van der Waals surface area contributed by atoms with Gasteiger partial charge in [0.2, 0.25) is 0 Å². The van der Waals surface area contributed by atoms with Crippen molar-refractivity contribution in [3.8, 4) is 0 Å². The van der Waals surface area contributed by atoms with E-state index in [4.69, 9.17) is 5.73 Å². The molecule has 3 nitrogen and oxygen atoms in total. The molecule has 0 radical (unpaired) electrons. The fraction of sp³-hybridized carbons (Fsp3) is 0.143. The lowest BCUT2D eigenvalue weighted by Gasteiger charge is -1.85. The Kier molecular flexibility index (Phi) is 2.23. The SMILES string of the molecule is CC(=O)c1cc(F)c(C(N)=O)s1. The maximum absolute atomic E-state index is 12.8. The molecule has 0 atom stereocenters. The van der Waals surface area contributed by atoms with Crippen molar-refractivity contribution in [1.82, 2.24) is 0 Å². The summed E-state index contributed by atoms with van der Waals surface area (Å²) in [6.07, 6.45) is 0. The number of nitrogens with two attached hydrogens (primary N) is 1. The van der Waals surface area contributed by atoms with E-state index in [9.17, 15) is 14.0 Å². The fourth-order valence-electron chi connectivity index (χ4n) is 0.710. The zero-order chi connectivity index (χ0) is 9.30. The van der Waals surface area contributed by atoms with Crippen LogP contribution in [0.15, 0.2) is 6.07 Å². The molecule has 1 heterocycles. The molecule has 64 valence electrons. The third kappa shape index (κ3) is 1.50. The molecule has 0 spiro atoms. The first-order valence-corrected chi connectivity index (χ1v) is 3.94. The topological polar surface area (TPSA) is 60.2 Å². The number of ketones is 1. The quantitative estimate of drug-likeness (QED) is 0.707. The molecule has 1 amide bonds. The minimum Gasteiger partial charge on any atom is -0.365 e. The summed E-state index contributed by atoms with van der Waals surface area (Å²) in [6.45, 7) is 1.30. The molecule has 2 N–H and O–H groups in total. The van der Waals surface area contributed by atoms with Crippen molar-refractivity contribution >= 4 is 23.0 Å². The summed E-state index contributed by atoms with van der Waals surface area (Å²) in [5, 5.41) is 0. The summed E-state index contributed by atoms with van der Waals surface area (Å²) in [5.74, 6) is -1.84. The van der Waals surface area contributed by atoms with Crippen LogP contribution < -0.4 is 5.73 Å². The third-order valence-corrected chi connectivity index (χ3v) is 2.48. The monoisotopic (exact) mass is 187 g/mol. The van der Waals surface area contributed by atoms with Crippen LogP contribution in [0.1, 0.15) is 26.3 Å². The molecule has 5 heteroatoms. The summed E-state index contributed by atoms with van der Waals surface area (Å²) in [4.78, 5) is 21.3. The Hall–Kier alpha value is -1.23. The Morgan fingerprint density at radius 1 is 1.58 bits per heavy atom. The molecule has 12 heavy (non-hydrogen) atoms. The molecular weight excluding hydrogens is 181 g/mol. The van der Waals surface area contributed by atoms with Gasteiger partial charge in [-0.2, -0.15) is 0 Å². The highest BCUT2D eigenvalue weighted by Gasteiger charge is 2.15. The van der Waals surface area contributed by atoms with E-state index in [0.717, 1.165) is 17.4 Å². The van der Waals surface area contributed by atoms with Crippen molar-refractivity contribution in [2.45, 2.75) is 6.92 Å². The molecule has 0 saturated carbocycles. The van der Waals surface area contributed by atoms with E-state index in [1.54, 1.807) is 0 Å². The van der Waals surface area contributed by atoms with Gasteiger partial charge in [0.15, 0.2) is 5.78 Å². The van der Waals surface area contributed by atoms with Crippen molar-refractivity contribution in [2.75, 3.05) is 0 Å². The summed E-state index contributed by atoms with van der Waals surface area (Å²) in [6, 6.07) is 1.02. The maximum Gasteiger partial charge on any atom is 0.261 e. The Morgan fingerprint density at radius 3 is 2.42 bits per heavy atom. The average Bonchev–Trinajstić information content (AvgIpc) is 2.30. The van der Waals surface area contributed by atoms with Gasteiger partial charge in [0.05, 0.1) is 4.88 Å². The number of halogens is 1. The highest BCUT2D eigenvalue weighted by molar-refractivity contribution is 7.16. The van der Waals surface area contributed by atoms with Crippen LogP contribution >= 0.6 is 11.3 Å². The molecule has 0 aliphatic heterocycles. The minimum absolute atomic E-state index is 0.194. The number of hydrogen-bond donors (Lipinski definition) is 1. The van der Waals surface area contributed by atoms with E-state index in [2.05, 4.69) is 0 Å². The molecule has 0 fully saturated rings. The molecule has 0 bridgehead atoms. The number of carbonyl (C=O) groups is 2. The number of rotatable bonds is 2. The molecule has 1 rings (SSSR count). The summed E-state index contributed by atoms with van der Waals surface area (Å²) >= 11 is 0.777. The first-order chi connectivity index (χ1) is 5.52. The van der Waals surface area contributed by atoms with Crippen LogP contribution in [0.5, 0.6) is 0 Å². The first-order valence-electron chi connectivity index (χ1n) is 3.12. The van der Waals surface area contributed by atoms with Crippen LogP contribution in [0.3, 0.4) is 0 Å². The van der Waals surface area contributed by atoms with E-state index in [-0.39, 0.29) is 15.5 Å². The van der Waals surface area contributed by atoms with Gasteiger partial charge < -0.3 is 5.73 Å². The lowest BCUT2D eigenvalue weighted by atomic mass is 10.3. The van der Waals surface area contributed by atoms with Crippen LogP contribution in [0.2, 0.25) is 0 Å². The number of carbonyl (C=O) groups excluding carboxylic acids is 2. The summed E-state index contributed by atoms with van der Waals surface area (Å²) in [7, 11) is 0. The predicted molar refractivity (Wildman–Crippen MR) is 42.8 cm³/mol. The zero-order valence-electron chi connectivity index (χ0n) is 6.26. The number of amides is 1. The smallest absolute Gasteiger partial charge is 0.261 e. The van der Waals surface area contributed by atoms with Gasteiger partial charge in [-0.1, -0.05) is 0 Å². The van der Waals surface area contributed by atoms with Crippen LogP contribution in [-0.4, -0.2) is 11.7 Å². The van der Waals surface area contributed by atoms with Gasteiger partial charge in [0.1, 0.15) is 10.7 Å². The number of primary amides is 1. The standard InChI is InChI=1S/C7H6FNO2S/c1-3(10)5-2-4(8)6(12-5)7(9)11/h2H,1H3,(H2,9,11). The van der Waals surface area contributed by atoms with Crippen molar-refractivity contribution in [2.24, 2.45) is 5.73 Å². The average molecular weight is 187 g/mol. The van der Waals surface area contributed by atoms with Crippen molar-refractivity contribution < 1.29 is 14.0 Å². The van der Waals surface area contributed by atoms with Gasteiger partial charge in [0.25, 0.3) is 5.91 Å². The Bertz CT molecular complexity index is 345. The van der Waals surface area contributed by atoms with E-state index in [1.165, 1.54) is 6.92 Å². The second-order valence-corrected chi connectivity index (χ2v) is 3.26. The van der Waals surface area contributed by atoms with Gasteiger partial charge in [-0.15, -0.1) is 11.3 Å². The molecule has 0 saturated heterocycles. The van der Waals surface area contributed by atoms with Gasteiger partial charge in [0, 0.05) is 0 Å². The van der Waals surface area contributed by atoms with Crippen molar-refractivity contribution in [3.05, 3.63) is 21.6 Å². The van der Waals surface area contributed by atoms with Gasteiger partial charge in [-0.3, -0.25) is 9.59 Å². The van der Waals surface area contributed by atoms with Crippen molar-refractivity contribution in [1.29, 1.82) is 0 Å². The molecule has 0 aliphatic rings. The van der Waals surface area contributed by atoms with Gasteiger partial charge in [-0.05, 0) is 13.0 Å². The normalized spacial score (nSPS) is 9.83. The zero-order valence-corrected chi connectivity index (χ0v) is 7.07. The molecule has 0 unspecified atom stereocenters. The lowest BCUT2D eigenvalue weighted by Crippen LogP contribution is -2.10. The molecule has 1 aromatic heterocycles. The number of hydrogen-bond acceptors (Lipinski definition) is 3. The van der Waals surface area contributed by atoms with Gasteiger partial charge in [-0.25, -0.2) is 4.39 Å². The highest BCUT2D eigenvalue weighted by atomic mass is 32.1. The minimum atomic E-state index is -0.843. The molecule has 1 aromatic rings. The molecule has 0 aromatic carbocycles. The molecule has 0 aliphatic carbocycles. The fourth-order valence-corrected chi connectivity index (χ4v) is 1.49. The Morgan fingerprint density at radius 2 is 2.17 bits per heavy atom. The number of Topliss-reactive ketones (excluding diaryl/α,β-unsaturated/α-hetero) is 1. The second-order valence-electron chi connectivity index (χ2n) is 2.21. The Labute approximate surface area is 72.0 Å².